The summed E-state index contributed by atoms with van der Waals surface area (Å²) < 4.78 is 0. The number of thioether (sulfide) groups is 1. The molecule has 0 aliphatic heterocycles. The highest BCUT2D eigenvalue weighted by Crippen LogP contribution is 2.11. The molecule has 0 saturated carbocycles. The molecule has 1 aromatic rings. The zero-order valence-electron chi connectivity index (χ0n) is 8.26. The molecule has 0 saturated heterocycles. The molecule has 1 aromatic heterocycles. The van der Waals surface area contributed by atoms with E-state index in [1.54, 1.807) is 0 Å². The van der Waals surface area contributed by atoms with Crippen molar-refractivity contribution in [3.63, 3.8) is 0 Å². The Hall–Kier alpha value is -1.21. The molecule has 1 N–H and O–H groups in total. The molecule has 74 valence electrons. The van der Waals surface area contributed by atoms with Crippen LogP contribution in [0.1, 0.15) is 18.2 Å². The average Bonchev–Trinajstić information content (AvgIpc) is 2.14. The summed E-state index contributed by atoms with van der Waals surface area (Å²) in [5, 5.41) is 0.600. The number of hydrogen-bond acceptors (Lipinski definition) is 3. The van der Waals surface area contributed by atoms with Crippen molar-refractivity contribution in [1.82, 2.24) is 9.97 Å². The van der Waals surface area contributed by atoms with Gasteiger partial charge >= 0.3 is 0 Å². The zero-order chi connectivity index (χ0) is 10.6. The SMILES string of the molecule is C#CCSc1nc(C)c(CC)c(=O)[nH]1. The van der Waals surface area contributed by atoms with E-state index in [-0.39, 0.29) is 5.56 Å². The zero-order valence-corrected chi connectivity index (χ0v) is 9.07. The highest BCUT2D eigenvalue weighted by molar-refractivity contribution is 7.99. The number of aromatic nitrogens is 2. The summed E-state index contributed by atoms with van der Waals surface area (Å²) in [4.78, 5) is 18.5. The van der Waals surface area contributed by atoms with Crippen LogP contribution in [0.3, 0.4) is 0 Å². The minimum Gasteiger partial charge on any atom is -0.301 e. The molecule has 0 aliphatic carbocycles. The van der Waals surface area contributed by atoms with Gasteiger partial charge in [-0.1, -0.05) is 24.6 Å². The van der Waals surface area contributed by atoms with Gasteiger partial charge in [-0.05, 0) is 13.3 Å². The predicted molar refractivity (Wildman–Crippen MR) is 58.5 cm³/mol. The molecule has 0 fully saturated rings. The summed E-state index contributed by atoms with van der Waals surface area (Å²) in [5.41, 5.74) is 1.48. The second-order valence-corrected chi connectivity index (χ2v) is 3.75. The largest absolute Gasteiger partial charge is 0.301 e. The number of rotatable bonds is 3. The highest BCUT2D eigenvalue weighted by Gasteiger charge is 2.05. The second kappa shape index (κ2) is 4.87. The Bertz CT molecular complexity index is 417. The fourth-order valence-electron chi connectivity index (χ4n) is 1.18. The van der Waals surface area contributed by atoms with Crippen molar-refractivity contribution < 1.29 is 0 Å². The Morgan fingerprint density at radius 2 is 2.36 bits per heavy atom. The van der Waals surface area contributed by atoms with Crippen LogP contribution in [0.25, 0.3) is 0 Å². The van der Waals surface area contributed by atoms with Crippen LogP contribution in [0.15, 0.2) is 9.95 Å². The van der Waals surface area contributed by atoms with E-state index in [1.165, 1.54) is 11.8 Å². The molecule has 3 nitrogen and oxygen atoms in total. The van der Waals surface area contributed by atoms with Crippen molar-refractivity contribution in [3.05, 3.63) is 21.6 Å². The number of hydrogen-bond donors (Lipinski definition) is 1. The summed E-state index contributed by atoms with van der Waals surface area (Å²) in [6, 6.07) is 0. The summed E-state index contributed by atoms with van der Waals surface area (Å²) in [7, 11) is 0. The van der Waals surface area contributed by atoms with Gasteiger partial charge < -0.3 is 4.98 Å². The number of terminal acetylenes is 1. The Labute approximate surface area is 87.3 Å². The molecule has 1 heterocycles. The highest BCUT2D eigenvalue weighted by atomic mass is 32.2. The molecule has 0 aromatic carbocycles. The van der Waals surface area contributed by atoms with Crippen LogP contribution in [0.2, 0.25) is 0 Å². The maximum atomic E-state index is 11.5. The third kappa shape index (κ3) is 2.39. The first-order chi connectivity index (χ1) is 6.69. The lowest BCUT2D eigenvalue weighted by molar-refractivity contribution is 0.860. The normalized spacial score (nSPS) is 9.79. The number of nitrogens with one attached hydrogen (secondary N) is 1. The number of aryl methyl sites for hydroxylation is 1. The molecule has 0 aliphatic rings. The first-order valence-electron chi connectivity index (χ1n) is 4.35. The molecular formula is C10H12N2OS. The smallest absolute Gasteiger partial charge is 0.254 e. The first-order valence-corrected chi connectivity index (χ1v) is 5.33. The molecule has 4 heteroatoms. The van der Waals surface area contributed by atoms with E-state index in [4.69, 9.17) is 6.42 Å². The molecule has 0 atom stereocenters. The number of nitrogens with zero attached hydrogens (tertiary/aromatic N) is 1. The van der Waals surface area contributed by atoms with Gasteiger partial charge in [0.1, 0.15) is 0 Å². The van der Waals surface area contributed by atoms with Crippen LogP contribution >= 0.6 is 11.8 Å². The molecule has 0 amide bonds. The standard InChI is InChI=1S/C10H12N2OS/c1-4-6-14-10-11-7(3)8(5-2)9(13)12-10/h1H,5-6H2,2-3H3,(H,11,12,13). The lowest BCUT2D eigenvalue weighted by Crippen LogP contribution is -2.16. The van der Waals surface area contributed by atoms with Crippen LogP contribution < -0.4 is 5.56 Å². The van der Waals surface area contributed by atoms with Gasteiger partial charge in [-0.2, -0.15) is 0 Å². The van der Waals surface area contributed by atoms with Gasteiger partial charge in [0.15, 0.2) is 5.16 Å². The Balaban J connectivity index is 3.03. The Morgan fingerprint density at radius 1 is 1.64 bits per heavy atom. The molecule has 1 rings (SSSR count). The van der Waals surface area contributed by atoms with Gasteiger partial charge in [-0.15, -0.1) is 6.42 Å². The topological polar surface area (TPSA) is 45.8 Å². The van der Waals surface area contributed by atoms with E-state index < -0.39 is 0 Å². The minimum absolute atomic E-state index is 0.0560. The lowest BCUT2D eigenvalue weighted by atomic mass is 10.2. The van der Waals surface area contributed by atoms with E-state index in [2.05, 4.69) is 15.9 Å². The van der Waals surface area contributed by atoms with Gasteiger partial charge in [0, 0.05) is 11.3 Å². The Morgan fingerprint density at radius 3 is 2.86 bits per heavy atom. The summed E-state index contributed by atoms with van der Waals surface area (Å²) in [5.74, 6) is 3.01. The van der Waals surface area contributed by atoms with Crippen molar-refractivity contribution in [1.29, 1.82) is 0 Å². The fraction of sp³-hybridized carbons (Fsp3) is 0.400. The summed E-state index contributed by atoms with van der Waals surface area (Å²) in [6.07, 6.45) is 5.82. The van der Waals surface area contributed by atoms with E-state index in [0.717, 1.165) is 11.3 Å². The average molecular weight is 208 g/mol. The van der Waals surface area contributed by atoms with Crippen LogP contribution in [-0.2, 0) is 6.42 Å². The monoisotopic (exact) mass is 208 g/mol. The van der Waals surface area contributed by atoms with Gasteiger partial charge in [0.2, 0.25) is 0 Å². The van der Waals surface area contributed by atoms with Gasteiger partial charge in [0.25, 0.3) is 5.56 Å². The predicted octanol–water partition coefficient (Wildman–Crippen LogP) is 1.37. The number of H-pyrrole nitrogens is 1. The summed E-state index contributed by atoms with van der Waals surface area (Å²) in [6.45, 7) is 3.78. The minimum atomic E-state index is -0.0560. The quantitative estimate of drug-likeness (QED) is 0.463. The molecule has 0 radical (unpaired) electrons. The third-order valence-electron chi connectivity index (χ3n) is 1.85. The van der Waals surface area contributed by atoms with Gasteiger partial charge in [-0.3, -0.25) is 4.79 Å². The van der Waals surface area contributed by atoms with Crippen LogP contribution in [0.5, 0.6) is 0 Å². The maximum Gasteiger partial charge on any atom is 0.254 e. The third-order valence-corrected chi connectivity index (χ3v) is 2.62. The Kier molecular flexibility index (Phi) is 3.78. The van der Waals surface area contributed by atoms with Crippen LogP contribution in [-0.4, -0.2) is 15.7 Å². The number of aromatic amines is 1. The molecule has 14 heavy (non-hydrogen) atoms. The van der Waals surface area contributed by atoms with Crippen molar-refractivity contribution >= 4 is 11.8 Å². The van der Waals surface area contributed by atoms with Crippen molar-refractivity contribution in [2.75, 3.05) is 5.75 Å². The molecule has 0 spiro atoms. The van der Waals surface area contributed by atoms with E-state index >= 15 is 0 Å². The van der Waals surface area contributed by atoms with Crippen LogP contribution in [0, 0.1) is 19.3 Å². The van der Waals surface area contributed by atoms with Gasteiger partial charge in [-0.25, -0.2) is 4.98 Å². The van der Waals surface area contributed by atoms with E-state index in [9.17, 15) is 4.79 Å². The fourth-order valence-corrected chi connectivity index (χ4v) is 1.77. The summed E-state index contributed by atoms with van der Waals surface area (Å²) >= 11 is 1.37. The van der Waals surface area contributed by atoms with E-state index in [1.807, 2.05) is 13.8 Å². The molecular weight excluding hydrogens is 196 g/mol. The van der Waals surface area contributed by atoms with Crippen LogP contribution in [0.4, 0.5) is 0 Å². The van der Waals surface area contributed by atoms with Crippen molar-refractivity contribution in [2.24, 2.45) is 0 Å². The molecule has 0 bridgehead atoms. The lowest BCUT2D eigenvalue weighted by Gasteiger charge is -2.03. The first kappa shape index (κ1) is 10.9. The maximum absolute atomic E-state index is 11.5. The van der Waals surface area contributed by atoms with E-state index in [0.29, 0.717) is 17.3 Å². The molecule has 0 unspecified atom stereocenters. The van der Waals surface area contributed by atoms with Gasteiger partial charge in [0.05, 0.1) is 5.75 Å². The van der Waals surface area contributed by atoms with Crippen molar-refractivity contribution in [2.45, 2.75) is 25.4 Å². The second-order valence-electron chi connectivity index (χ2n) is 2.78. The van der Waals surface area contributed by atoms with Crippen molar-refractivity contribution in [3.8, 4) is 12.3 Å².